The maximum Gasteiger partial charge on any atom is 0.411 e. The zero-order valence-electron chi connectivity index (χ0n) is 20.6. The maximum atomic E-state index is 15.3. The summed E-state index contributed by atoms with van der Waals surface area (Å²) in [6.07, 6.45) is 1.91. The zero-order valence-corrected chi connectivity index (χ0v) is 21.3. The van der Waals surface area contributed by atoms with Gasteiger partial charge in [-0.3, -0.25) is 4.90 Å². The van der Waals surface area contributed by atoms with Gasteiger partial charge in [0.2, 0.25) is 5.88 Å². The Morgan fingerprint density at radius 3 is 2.74 bits per heavy atom. The highest BCUT2D eigenvalue weighted by molar-refractivity contribution is 6.30. The van der Waals surface area contributed by atoms with Crippen molar-refractivity contribution in [2.24, 2.45) is 0 Å². The highest BCUT2D eigenvalue weighted by Gasteiger charge is 2.60. The first-order chi connectivity index (χ1) is 16.4. The second kappa shape index (κ2) is 7.93. The van der Waals surface area contributed by atoms with E-state index in [4.69, 9.17) is 26.1 Å². The molecule has 2 fully saturated rings. The highest BCUT2D eigenvalue weighted by Crippen LogP contribution is 2.50. The van der Waals surface area contributed by atoms with Gasteiger partial charge in [-0.2, -0.15) is 4.98 Å². The molecule has 0 unspecified atom stereocenters. The first-order valence-electron chi connectivity index (χ1n) is 11.8. The highest BCUT2D eigenvalue weighted by atomic mass is 35.5. The van der Waals surface area contributed by atoms with Gasteiger partial charge in [0.05, 0.1) is 35.3 Å². The van der Waals surface area contributed by atoms with Crippen molar-refractivity contribution in [3.8, 4) is 5.88 Å². The molecule has 5 heterocycles. The van der Waals surface area contributed by atoms with Gasteiger partial charge in [0, 0.05) is 11.9 Å². The summed E-state index contributed by atoms with van der Waals surface area (Å²) in [5.74, 6) is 0.0466. The van der Waals surface area contributed by atoms with Crippen LogP contribution in [0.5, 0.6) is 5.88 Å². The Hall–Kier alpha value is -2.65. The van der Waals surface area contributed by atoms with Crippen LogP contribution in [0.3, 0.4) is 0 Å². The van der Waals surface area contributed by atoms with E-state index in [1.165, 1.54) is 0 Å². The molecule has 1 amide bonds. The summed E-state index contributed by atoms with van der Waals surface area (Å²) >= 11 is 6.17. The van der Waals surface area contributed by atoms with Crippen LogP contribution in [0.4, 0.5) is 15.0 Å². The van der Waals surface area contributed by atoms with Crippen molar-refractivity contribution >= 4 is 40.4 Å². The Morgan fingerprint density at radius 1 is 1.40 bits per heavy atom. The van der Waals surface area contributed by atoms with Gasteiger partial charge < -0.3 is 19.5 Å². The standard InChI is InChI=1S/C25H30ClFN4O4/c1-7-14-12(2)16-17-21(28-14)30-10-25(11-32)9-8-15(31(25)23(33)35-24(4,5)6)19(30)13(3)34-22(17)29-20(26)18(16)27/h7,13,15,19,32H,1,8-11H2,2-6H3/t13-,15-,19+,25+/m0/s1. The molecule has 0 saturated carbocycles. The van der Waals surface area contributed by atoms with E-state index in [0.29, 0.717) is 35.3 Å². The molecule has 0 aromatic carbocycles. The fraction of sp³-hybridized carbons (Fsp3) is 0.560. The first kappa shape index (κ1) is 24.1. The number of hydrogen-bond donors (Lipinski definition) is 1. The van der Waals surface area contributed by atoms with E-state index in [0.717, 1.165) is 0 Å². The van der Waals surface area contributed by atoms with Gasteiger partial charge in [-0.25, -0.2) is 14.2 Å². The Morgan fingerprint density at radius 2 is 2.11 bits per heavy atom. The van der Waals surface area contributed by atoms with E-state index >= 15 is 4.39 Å². The average Bonchev–Trinajstić information content (AvgIpc) is 2.99. The monoisotopic (exact) mass is 504 g/mol. The molecule has 4 atom stereocenters. The average molecular weight is 505 g/mol. The number of nitrogens with zero attached hydrogens (tertiary/aromatic N) is 4. The summed E-state index contributed by atoms with van der Waals surface area (Å²) in [5, 5.41) is 11.0. The van der Waals surface area contributed by atoms with Crippen molar-refractivity contribution in [2.45, 2.75) is 76.8 Å². The zero-order chi connectivity index (χ0) is 25.4. The quantitative estimate of drug-likeness (QED) is 0.603. The van der Waals surface area contributed by atoms with E-state index in [9.17, 15) is 9.90 Å². The number of aromatic nitrogens is 2. The molecule has 3 aliphatic heterocycles. The van der Waals surface area contributed by atoms with Crippen LogP contribution in [0.1, 0.15) is 51.8 Å². The SMILES string of the molecule is C=Cc1nc2c3c(nc(Cl)c(F)c3c1C)O[C@@H](C)[C@@H]1[C@@H]3CC[C@](CO)(CN21)N3C(=O)OC(C)(C)C. The number of carbonyl (C=O) groups excluding carboxylic acids is 1. The molecule has 0 radical (unpaired) electrons. The lowest BCUT2D eigenvalue weighted by Gasteiger charge is -2.53. The topological polar surface area (TPSA) is 88.0 Å². The van der Waals surface area contributed by atoms with Crippen molar-refractivity contribution in [3.05, 3.63) is 28.8 Å². The van der Waals surface area contributed by atoms with Gasteiger partial charge in [0.15, 0.2) is 11.0 Å². The van der Waals surface area contributed by atoms with Crippen LogP contribution in [0, 0.1) is 12.7 Å². The number of fused-ring (bicyclic) bond motifs is 5. The molecule has 2 aromatic rings. The predicted octanol–water partition coefficient (Wildman–Crippen LogP) is 4.47. The summed E-state index contributed by atoms with van der Waals surface area (Å²) in [6, 6.07) is -0.655. The third kappa shape index (κ3) is 3.46. The summed E-state index contributed by atoms with van der Waals surface area (Å²) in [5.41, 5.74) is -0.454. The largest absolute Gasteiger partial charge is 0.472 e. The minimum absolute atomic E-state index is 0.201. The molecule has 188 valence electrons. The van der Waals surface area contributed by atoms with Gasteiger partial charge in [-0.1, -0.05) is 18.2 Å². The lowest BCUT2D eigenvalue weighted by Crippen LogP contribution is -2.71. The number of carbonyl (C=O) groups is 1. The molecular weight excluding hydrogens is 475 g/mol. The van der Waals surface area contributed by atoms with Gasteiger partial charge in [-0.15, -0.1) is 0 Å². The Kier molecular flexibility index (Phi) is 5.45. The molecule has 0 aliphatic carbocycles. The molecule has 2 aromatic heterocycles. The summed E-state index contributed by atoms with van der Waals surface area (Å²) in [7, 11) is 0. The molecule has 35 heavy (non-hydrogen) atoms. The van der Waals surface area contributed by atoms with Crippen LogP contribution in [0.15, 0.2) is 6.58 Å². The second-order valence-electron chi connectivity index (χ2n) is 10.7. The van der Waals surface area contributed by atoms with Gasteiger partial charge in [0.1, 0.15) is 17.5 Å². The van der Waals surface area contributed by atoms with E-state index in [1.54, 1.807) is 17.9 Å². The number of halogens is 2. The molecule has 5 rings (SSSR count). The molecule has 10 heteroatoms. The number of aliphatic hydroxyl groups excluding tert-OH is 1. The third-order valence-electron chi connectivity index (χ3n) is 7.37. The number of pyridine rings is 2. The smallest absolute Gasteiger partial charge is 0.411 e. The minimum atomic E-state index is -0.876. The lowest BCUT2D eigenvalue weighted by atomic mass is 9.92. The molecule has 3 aliphatic rings. The van der Waals surface area contributed by atoms with Gasteiger partial charge in [-0.05, 0) is 59.1 Å². The molecule has 0 spiro atoms. The number of piperazine rings is 1. The Balaban J connectivity index is 1.73. The third-order valence-corrected chi connectivity index (χ3v) is 7.62. The van der Waals surface area contributed by atoms with Crippen LogP contribution in [-0.2, 0) is 4.74 Å². The van der Waals surface area contributed by atoms with Crippen LogP contribution in [0.2, 0.25) is 5.15 Å². The molecular formula is C25H30ClFN4O4. The first-order valence-corrected chi connectivity index (χ1v) is 12.2. The molecule has 8 nitrogen and oxygen atoms in total. The number of hydrogen-bond acceptors (Lipinski definition) is 7. The normalized spacial score (nSPS) is 27.4. The number of aliphatic hydroxyl groups is 1. The number of anilines is 1. The van der Waals surface area contributed by atoms with Crippen molar-refractivity contribution in [1.29, 1.82) is 0 Å². The minimum Gasteiger partial charge on any atom is -0.472 e. The van der Waals surface area contributed by atoms with E-state index in [1.807, 2.05) is 32.6 Å². The predicted molar refractivity (Wildman–Crippen MR) is 131 cm³/mol. The van der Waals surface area contributed by atoms with Gasteiger partial charge in [0.25, 0.3) is 0 Å². The maximum absolute atomic E-state index is 15.3. The number of amides is 1. The summed E-state index contributed by atoms with van der Waals surface area (Å²) in [6.45, 7) is 13.0. The number of rotatable bonds is 2. The van der Waals surface area contributed by atoms with Crippen LogP contribution < -0.4 is 9.64 Å². The van der Waals surface area contributed by atoms with E-state index in [2.05, 4.69) is 11.6 Å². The van der Waals surface area contributed by atoms with E-state index in [-0.39, 0.29) is 41.7 Å². The van der Waals surface area contributed by atoms with Crippen molar-refractivity contribution < 1.29 is 23.8 Å². The Bertz CT molecular complexity index is 1250. The van der Waals surface area contributed by atoms with Crippen LogP contribution in [-0.4, -0.2) is 68.5 Å². The van der Waals surface area contributed by atoms with Crippen LogP contribution in [0.25, 0.3) is 16.8 Å². The fourth-order valence-electron chi connectivity index (χ4n) is 5.95. The molecule has 1 N–H and O–H groups in total. The Labute approximate surface area is 208 Å². The number of aryl methyl sites for hydroxylation is 1. The summed E-state index contributed by atoms with van der Waals surface area (Å²) < 4.78 is 27.4. The van der Waals surface area contributed by atoms with Crippen molar-refractivity contribution in [1.82, 2.24) is 14.9 Å². The van der Waals surface area contributed by atoms with Gasteiger partial charge >= 0.3 is 6.09 Å². The van der Waals surface area contributed by atoms with Crippen LogP contribution >= 0.6 is 11.6 Å². The molecule has 2 saturated heterocycles. The fourth-order valence-corrected chi connectivity index (χ4v) is 6.12. The lowest BCUT2D eigenvalue weighted by molar-refractivity contribution is -0.0343. The van der Waals surface area contributed by atoms with Crippen molar-refractivity contribution in [2.75, 3.05) is 18.1 Å². The second-order valence-corrected chi connectivity index (χ2v) is 11.1. The van der Waals surface area contributed by atoms with E-state index < -0.39 is 29.2 Å². The van der Waals surface area contributed by atoms with Crippen molar-refractivity contribution in [3.63, 3.8) is 0 Å². The molecule has 2 bridgehead atoms. The summed E-state index contributed by atoms with van der Waals surface area (Å²) in [4.78, 5) is 26.2. The number of ether oxygens (including phenoxy) is 2.